The number of rotatable bonds is 5. The van der Waals surface area contributed by atoms with Crippen molar-refractivity contribution in [3.63, 3.8) is 0 Å². The highest BCUT2D eigenvalue weighted by atomic mass is 16.7. The molecule has 13 heteroatoms. The van der Waals surface area contributed by atoms with Gasteiger partial charge in [0.2, 0.25) is 6.29 Å². The van der Waals surface area contributed by atoms with Crippen LogP contribution in [0.25, 0.3) is 0 Å². The topological polar surface area (TPSA) is 238 Å². The van der Waals surface area contributed by atoms with E-state index in [4.69, 9.17) is 9.47 Å². The molecule has 0 aromatic rings. The van der Waals surface area contributed by atoms with Crippen LogP contribution in [0.4, 0.5) is 0 Å². The second kappa shape index (κ2) is 11.1. The lowest BCUT2D eigenvalue weighted by atomic mass is 9.35. The Morgan fingerprint density at radius 3 is 2.16 bits per heavy atom. The fourth-order valence-corrected chi connectivity index (χ4v) is 13.7. The molecule has 0 bridgehead atoms. The predicted octanol–water partition coefficient (Wildman–Crippen LogP) is -1.04. The molecule has 19 atom stereocenters. The molecule has 7 rings (SSSR count). The van der Waals surface area contributed by atoms with Crippen LogP contribution >= 0.6 is 0 Å². The van der Waals surface area contributed by atoms with E-state index in [-0.39, 0.29) is 25.0 Å². The number of carbonyl (C=O) groups excluding carboxylic acids is 1. The second-order valence-corrected chi connectivity index (χ2v) is 17.9. The van der Waals surface area contributed by atoms with Gasteiger partial charge in [-0.05, 0) is 74.5 Å². The fraction of sp³-hybridized carbons (Fsp3) is 0.917. The Bertz CT molecular complexity index is 1370. The maximum absolute atomic E-state index is 14.6. The lowest BCUT2D eigenvalue weighted by molar-refractivity contribution is -0.302. The van der Waals surface area contributed by atoms with Crippen molar-refractivity contribution in [1.82, 2.24) is 0 Å². The van der Waals surface area contributed by atoms with E-state index >= 15 is 0 Å². The number of carbonyl (C=O) groups is 1. The van der Waals surface area contributed by atoms with E-state index in [1.165, 1.54) is 0 Å². The maximum atomic E-state index is 14.6. The van der Waals surface area contributed by atoms with Crippen molar-refractivity contribution in [2.75, 3.05) is 19.8 Å². The maximum Gasteiger partial charge on any atom is 0.314 e. The van der Waals surface area contributed by atoms with Gasteiger partial charge in [-0.15, -0.1) is 0 Å². The van der Waals surface area contributed by atoms with Crippen molar-refractivity contribution >= 4 is 5.97 Å². The number of allylic oxidation sites excluding steroid dienone is 2. The number of aliphatic hydroxyl groups is 10. The van der Waals surface area contributed by atoms with Gasteiger partial charge < -0.3 is 60.5 Å². The zero-order chi connectivity index (χ0) is 35.9. The summed E-state index contributed by atoms with van der Waals surface area (Å²) < 4.78 is 11.4. The Labute approximate surface area is 286 Å². The van der Waals surface area contributed by atoms with E-state index in [9.17, 15) is 55.9 Å². The van der Waals surface area contributed by atoms with Gasteiger partial charge in [-0.1, -0.05) is 32.9 Å². The summed E-state index contributed by atoms with van der Waals surface area (Å²) in [6, 6.07) is 0. The highest BCUT2D eigenvalue weighted by Crippen LogP contribution is 2.90. The summed E-state index contributed by atoms with van der Waals surface area (Å²) in [5.41, 5.74) is -6.35. The van der Waals surface area contributed by atoms with Gasteiger partial charge in [-0.3, -0.25) is 4.79 Å². The van der Waals surface area contributed by atoms with E-state index in [0.29, 0.717) is 44.9 Å². The molecule has 49 heavy (non-hydrogen) atoms. The molecule has 1 aliphatic heterocycles. The van der Waals surface area contributed by atoms with Crippen LogP contribution in [0.2, 0.25) is 0 Å². The van der Waals surface area contributed by atoms with Crippen molar-refractivity contribution in [2.45, 2.75) is 127 Å². The average Bonchev–Trinajstić information content (AvgIpc) is 3.78. The molecule has 7 aliphatic rings. The first-order valence-electron chi connectivity index (χ1n) is 18.0. The summed E-state index contributed by atoms with van der Waals surface area (Å²) >= 11 is 0. The lowest BCUT2D eigenvalue weighted by Gasteiger charge is -2.70. The van der Waals surface area contributed by atoms with Gasteiger partial charge in [0.25, 0.3) is 0 Å². The van der Waals surface area contributed by atoms with Crippen LogP contribution < -0.4 is 0 Å². The van der Waals surface area contributed by atoms with Crippen LogP contribution in [-0.2, 0) is 14.3 Å². The van der Waals surface area contributed by atoms with Crippen molar-refractivity contribution in [1.29, 1.82) is 0 Å². The molecule has 278 valence electrons. The molecule has 0 spiro atoms. The van der Waals surface area contributed by atoms with Gasteiger partial charge in [0, 0.05) is 34.7 Å². The van der Waals surface area contributed by atoms with Crippen LogP contribution in [0.15, 0.2) is 12.2 Å². The Kier molecular flexibility index (Phi) is 8.22. The fourth-order valence-electron chi connectivity index (χ4n) is 13.7. The Hall–Kier alpha value is -1.23. The summed E-state index contributed by atoms with van der Waals surface area (Å²) in [6.07, 6.45) is -4.53. The van der Waals surface area contributed by atoms with Crippen LogP contribution in [-0.4, -0.2) is 131 Å². The van der Waals surface area contributed by atoms with Gasteiger partial charge >= 0.3 is 5.97 Å². The van der Waals surface area contributed by atoms with Crippen molar-refractivity contribution in [2.24, 2.45) is 56.2 Å². The molecule has 0 aromatic heterocycles. The first kappa shape index (κ1) is 36.1. The summed E-state index contributed by atoms with van der Waals surface area (Å²) in [4.78, 5) is 14.6. The zero-order valence-corrected chi connectivity index (χ0v) is 28.9. The molecular formula is C36H56O13. The van der Waals surface area contributed by atoms with Gasteiger partial charge in [0.1, 0.15) is 30.5 Å². The average molecular weight is 697 g/mol. The quantitative estimate of drug-likeness (QED) is 0.122. The van der Waals surface area contributed by atoms with E-state index in [1.807, 2.05) is 6.92 Å². The number of fused-ring (bicyclic) bond motifs is 4. The van der Waals surface area contributed by atoms with Crippen molar-refractivity contribution < 1.29 is 65.3 Å². The molecule has 10 unspecified atom stereocenters. The first-order valence-corrected chi connectivity index (χ1v) is 18.0. The first-order chi connectivity index (χ1) is 22.8. The van der Waals surface area contributed by atoms with Crippen LogP contribution in [0.1, 0.15) is 72.6 Å². The molecule has 5 saturated carbocycles. The number of hydrogen-bond donors (Lipinski definition) is 10. The molecule has 1 heterocycles. The lowest BCUT2D eigenvalue weighted by Crippen LogP contribution is -2.72. The molecule has 1 saturated heterocycles. The number of esters is 1. The van der Waals surface area contributed by atoms with Gasteiger partial charge in [0.05, 0.1) is 36.4 Å². The third-order valence-corrected chi connectivity index (χ3v) is 16.3. The molecule has 10 N–H and O–H groups in total. The minimum Gasteiger partial charge on any atom is -0.432 e. The smallest absolute Gasteiger partial charge is 0.314 e. The number of ether oxygens (including phenoxy) is 2. The Balaban J connectivity index is 1.30. The van der Waals surface area contributed by atoms with Crippen LogP contribution in [0, 0.1) is 56.2 Å². The highest BCUT2D eigenvalue weighted by Gasteiger charge is 2.87. The number of hydrogen-bond acceptors (Lipinski definition) is 13. The summed E-state index contributed by atoms with van der Waals surface area (Å²) in [7, 11) is 0. The molecule has 0 aromatic carbocycles. The van der Waals surface area contributed by atoms with E-state index in [1.54, 1.807) is 13.8 Å². The SMILES string of the molecule is CC1(O)C(CO)CC[C@]2(C(=O)OC3OC(CO)C(O)C(O)C3O)CC[C@]34C[C@]3(C=CC3[C@]5(C)C(CC[C@]34C)[C@](C)(CO)[C@H](O)[C@H](O)[C@H]5O)C12. The van der Waals surface area contributed by atoms with E-state index in [0.717, 1.165) is 0 Å². The van der Waals surface area contributed by atoms with Gasteiger partial charge in [0.15, 0.2) is 0 Å². The molecule has 0 amide bonds. The Morgan fingerprint density at radius 1 is 0.837 bits per heavy atom. The molecule has 6 aliphatic carbocycles. The Morgan fingerprint density at radius 2 is 1.53 bits per heavy atom. The summed E-state index contributed by atoms with van der Waals surface area (Å²) in [5, 5.41) is 109. The van der Waals surface area contributed by atoms with Gasteiger partial charge in [-0.25, -0.2) is 0 Å². The highest BCUT2D eigenvalue weighted by molar-refractivity contribution is 5.79. The minimum absolute atomic E-state index is 0.270. The van der Waals surface area contributed by atoms with Gasteiger partial charge in [-0.2, -0.15) is 0 Å². The summed E-state index contributed by atoms with van der Waals surface area (Å²) in [6.45, 7) is 6.27. The molecule has 6 fully saturated rings. The van der Waals surface area contributed by atoms with E-state index in [2.05, 4.69) is 19.1 Å². The van der Waals surface area contributed by atoms with Crippen LogP contribution in [0.3, 0.4) is 0 Å². The third kappa shape index (κ3) is 4.12. The second-order valence-electron chi connectivity index (χ2n) is 17.9. The van der Waals surface area contributed by atoms with E-state index < -0.39 is 112 Å². The monoisotopic (exact) mass is 696 g/mol. The standard InChI is InChI=1S/C36H56O13/c1-30(16-39)19-6-8-31(2)20(32(19,3)26(45)24(43)25(30)44)7-10-35-15-36(31,35)12-11-34(9-5-17(13-37)33(4,47)28(34)35)29(46)49-27-23(42)22(41)21(40)18(14-38)48-27/h7,10,17-28,37-45,47H,5-6,8-9,11-16H2,1-4H3/t17?,18?,19?,20?,21?,22?,23?,24-,25+,26+,27?,28?,30-,31+,32-,33?,34-,35+,36+/m0/s1. The summed E-state index contributed by atoms with van der Waals surface area (Å²) in [5.74, 6) is -2.56. The normalized spacial score (nSPS) is 60.6. The third-order valence-electron chi connectivity index (χ3n) is 16.3. The largest absolute Gasteiger partial charge is 0.432 e. The van der Waals surface area contributed by atoms with Crippen LogP contribution in [0.5, 0.6) is 0 Å². The van der Waals surface area contributed by atoms with Crippen molar-refractivity contribution in [3.8, 4) is 0 Å². The van der Waals surface area contributed by atoms with Crippen molar-refractivity contribution in [3.05, 3.63) is 12.2 Å². The number of aliphatic hydroxyl groups excluding tert-OH is 9. The predicted molar refractivity (Wildman–Crippen MR) is 170 cm³/mol. The molecule has 0 radical (unpaired) electrons. The molecular weight excluding hydrogens is 640 g/mol. The zero-order valence-electron chi connectivity index (χ0n) is 28.9. The molecule has 13 nitrogen and oxygen atoms in total. The minimum atomic E-state index is -1.78.